The summed E-state index contributed by atoms with van der Waals surface area (Å²) in [5, 5.41) is 9.29. The molecule has 1 aliphatic heterocycles. The van der Waals surface area contributed by atoms with Gasteiger partial charge < -0.3 is 14.5 Å². The van der Waals surface area contributed by atoms with Crippen molar-refractivity contribution in [2.24, 2.45) is 7.05 Å². The van der Waals surface area contributed by atoms with Crippen molar-refractivity contribution in [2.45, 2.75) is 25.4 Å². The van der Waals surface area contributed by atoms with Crippen LogP contribution in [0.1, 0.15) is 18.5 Å². The average molecular weight is 372 g/mol. The Morgan fingerprint density at radius 2 is 2.12 bits per heavy atom. The average Bonchev–Trinajstić information content (AvgIpc) is 3.28. The number of fused-ring (bicyclic) bond motifs is 1. The van der Waals surface area contributed by atoms with Crippen molar-refractivity contribution in [1.82, 2.24) is 29.9 Å². The third-order valence-electron chi connectivity index (χ3n) is 4.68. The molecule has 3 aromatic rings. The topological polar surface area (TPSA) is 85.1 Å². The van der Waals surface area contributed by atoms with E-state index < -0.39 is 0 Å². The van der Waals surface area contributed by atoms with Gasteiger partial charge in [0.05, 0.1) is 19.8 Å². The molecule has 0 unspecified atom stereocenters. The van der Waals surface area contributed by atoms with Crippen LogP contribution in [-0.4, -0.2) is 62.3 Å². The number of aromatic nitrogens is 6. The van der Waals surface area contributed by atoms with Gasteiger partial charge in [-0.05, 0) is 12.8 Å². The number of ether oxygens (including phenoxy) is 1. The Labute approximate surface area is 154 Å². The molecule has 0 spiro atoms. The van der Waals surface area contributed by atoms with Gasteiger partial charge in [-0.3, -0.25) is 4.68 Å². The van der Waals surface area contributed by atoms with E-state index in [1.54, 1.807) is 22.3 Å². The molecule has 136 valence electrons. The highest BCUT2D eigenvalue weighted by atomic mass is 32.1. The maximum absolute atomic E-state index is 5.45. The summed E-state index contributed by atoms with van der Waals surface area (Å²) in [5.74, 6) is 0.958. The van der Waals surface area contributed by atoms with Gasteiger partial charge in [0, 0.05) is 32.4 Å². The number of hydrogen-bond acceptors (Lipinski definition) is 9. The van der Waals surface area contributed by atoms with Crippen LogP contribution in [0.5, 0.6) is 0 Å². The van der Waals surface area contributed by atoms with E-state index in [9.17, 15) is 0 Å². The van der Waals surface area contributed by atoms with E-state index in [-0.39, 0.29) is 0 Å². The van der Waals surface area contributed by atoms with Crippen LogP contribution < -0.4 is 9.80 Å². The summed E-state index contributed by atoms with van der Waals surface area (Å²) in [6.07, 6.45) is 5.94. The third kappa shape index (κ3) is 2.99. The van der Waals surface area contributed by atoms with Gasteiger partial charge in [0.25, 0.3) is 0 Å². The molecule has 0 bridgehead atoms. The lowest BCUT2D eigenvalue weighted by Gasteiger charge is -2.25. The Balaban J connectivity index is 1.50. The second kappa shape index (κ2) is 6.44. The molecule has 9 nitrogen and oxygen atoms in total. The molecular weight excluding hydrogens is 352 g/mol. The van der Waals surface area contributed by atoms with Gasteiger partial charge >= 0.3 is 0 Å². The van der Waals surface area contributed by atoms with Crippen LogP contribution in [0.2, 0.25) is 0 Å². The summed E-state index contributed by atoms with van der Waals surface area (Å²) < 4.78 is 8.23. The Kier molecular flexibility index (Phi) is 3.93. The monoisotopic (exact) mass is 372 g/mol. The zero-order valence-corrected chi connectivity index (χ0v) is 15.4. The van der Waals surface area contributed by atoms with Crippen molar-refractivity contribution in [3.8, 4) is 0 Å². The summed E-state index contributed by atoms with van der Waals surface area (Å²) in [4.78, 5) is 18.4. The number of thiazole rings is 1. The maximum atomic E-state index is 5.45. The van der Waals surface area contributed by atoms with Crippen LogP contribution in [-0.2, 0) is 18.3 Å². The smallest absolute Gasteiger partial charge is 0.188 e. The largest absolute Gasteiger partial charge is 0.378 e. The zero-order valence-electron chi connectivity index (χ0n) is 14.6. The molecule has 26 heavy (non-hydrogen) atoms. The van der Waals surface area contributed by atoms with Crippen molar-refractivity contribution < 1.29 is 4.74 Å². The molecule has 2 fully saturated rings. The summed E-state index contributed by atoms with van der Waals surface area (Å²) >= 11 is 1.67. The van der Waals surface area contributed by atoms with Gasteiger partial charge in [-0.2, -0.15) is 4.98 Å². The van der Waals surface area contributed by atoms with E-state index in [0.29, 0.717) is 12.6 Å². The van der Waals surface area contributed by atoms with Gasteiger partial charge in [0.15, 0.2) is 16.6 Å². The quantitative estimate of drug-likeness (QED) is 0.661. The minimum absolute atomic E-state index is 0.504. The molecular formula is C16H20N8OS. The highest BCUT2D eigenvalue weighted by molar-refractivity contribution is 7.22. The predicted octanol–water partition coefficient (Wildman–Crippen LogP) is 1.22. The van der Waals surface area contributed by atoms with Gasteiger partial charge in [-0.25, -0.2) is 9.97 Å². The molecule has 0 N–H and O–H groups in total. The normalized spacial score (nSPS) is 17.8. The first-order chi connectivity index (χ1) is 12.8. The lowest BCUT2D eigenvalue weighted by Crippen LogP contribution is -2.36. The van der Waals surface area contributed by atoms with Crippen molar-refractivity contribution in [2.75, 3.05) is 36.1 Å². The molecule has 3 aromatic heterocycles. The first kappa shape index (κ1) is 15.9. The van der Waals surface area contributed by atoms with Crippen LogP contribution in [0.25, 0.3) is 10.3 Å². The van der Waals surface area contributed by atoms with Gasteiger partial charge in [0.2, 0.25) is 0 Å². The van der Waals surface area contributed by atoms with E-state index >= 15 is 0 Å². The summed E-state index contributed by atoms with van der Waals surface area (Å²) in [5.41, 5.74) is 1.72. The molecule has 2 aliphatic rings. The highest BCUT2D eigenvalue weighted by Gasteiger charge is 2.32. The molecule has 0 amide bonds. The van der Waals surface area contributed by atoms with Gasteiger partial charge in [-0.15, -0.1) is 5.10 Å². The van der Waals surface area contributed by atoms with Gasteiger partial charge in [-0.1, -0.05) is 16.6 Å². The molecule has 0 aromatic carbocycles. The lowest BCUT2D eigenvalue weighted by molar-refractivity contribution is 0.122. The SMILES string of the molecule is Cn1cc(CN(c2ncnc3nc(N4CCOCC4)sc23)C2CC2)nn1. The fraction of sp³-hybridized carbons (Fsp3) is 0.562. The second-order valence-electron chi connectivity index (χ2n) is 6.69. The molecule has 10 heteroatoms. The summed E-state index contributed by atoms with van der Waals surface area (Å²) in [6.45, 7) is 3.93. The lowest BCUT2D eigenvalue weighted by atomic mass is 10.3. The number of rotatable bonds is 5. The predicted molar refractivity (Wildman–Crippen MR) is 98.5 cm³/mol. The van der Waals surface area contributed by atoms with Crippen LogP contribution in [0.3, 0.4) is 0 Å². The Morgan fingerprint density at radius 1 is 1.27 bits per heavy atom. The fourth-order valence-corrected chi connectivity index (χ4v) is 4.31. The van der Waals surface area contributed by atoms with E-state index in [2.05, 4.69) is 30.1 Å². The number of anilines is 2. The Morgan fingerprint density at radius 3 is 2.85 bits per heavy atom. The molecule has 4 heterocycles. The first-order valence-corrected chi connectivity index (χ1v) is 9.65. The van der Waals surface area contributed by atoms with Crippen LogP contribution in [0.4, 0.5) is 10.9 Å². The van der Waals surface area contributed by atoms with Crippen molar-refractivity contribution >= 4 is 32.6 Å². The Bertz CT molecular complexity index is 914. The molecule has 0 radical (unpaired) electrons. The molecule has 1 aliphatic carbocycles. The third-order valence-corrected chi connectivity index (χ3v) is 5.79. The minimum atomic E-state index is 0.504. The molecule has 1 saturated heterocycles. The van der Waals surface area contributed by atoms with Crippen molar-refractivity contribution in [3.05, 3.63) is 18.2 Å². The van der Waals surface area contributed by atoms with Crippen LogP contribution >= 0.6 is 11.3 Å². The van der Waals surface area contributed by atoms with Crippen LogP contribution in [0.15, 0.2) is 12.5 Å². The fourth-order valence-electron chi connectivity index (χ4n) is 3.23. The van der Waals surface area contributed by atoms with E-state index in [4.69, 9.17) is 9.72 Å². The summed E-state index contributed by atoms with van der Waals surface area (Å²) in [6, 6.07) is 0.504. The first-order valence-electron chi connectivity index (χ1n) is 8.84. The van der Waals surface area contributed by atoms with E-state index in [1.807, 2.05) is 13.2 Å². The highest BCUT2D eigenvalue weighted by Crippen LogP contribution is 2.39. The van der Waals surface area contributed by atoms with E-state index in [0.717, 1.165) is 53.3 Å². The number of hydrogen-bond donors (Lipinski definition) is 0. The summed E-state index contributed by atoms with van der Waals surface area (Å²) in [7, 11) is 1.89. The number of aryl methyl sites for hydroxylation is 1. The molecule has 0 atom stereocenters. The molecule has 1 saturated carbocycles. The standard InChI is InChI=1S/C16H20N8OS/c1-22-8-11(20-21-22)9-24(12-2-3-12)15-13-14(17-10-18-15)19-16(26-13)23-4-6-25-7-5-23/h8,10,12H,2-7,9H2,1H3. The van der Waals surface area contributed by atoms with Crippen molar-refractivity contribution in [3.63, 3.8) is 0 Å². The Hall–Kier alpha value is -2.33. The zero-order chi connectivity index (χ0) is 17.5. The second-order valence-corrected chi connectivity index (χ2v) is 7.67. The maximum Gasteiger partial charge on any atom is 0.188 e. The number of morpholine rings is 1. The number of nitrogens with zero attached hydrogens (tertiary/aromatic N) is 8. The van der Waals surface area contributed by atoms with Crippen LogP contribution in [0, 0.1) is 0 Å². The van der Waals surface area contributed by atoms with Crippen molar-refractivity contribution in [1.29, 1.82) is 0 Å². The van der Waals surface area contributed by atoms with Gasteiger partial charge in [0.1, 0.15) is 16.7 Å². The minimum Gasteiger partial charge on any atom is -0.378 e. The molecule has 5 rings (SSSR count). The van der Waals surface area contributed by atoms with E-state index in [1.165, 1.54) is 12.8 Å².